The molecule has 1 amide bonds. The Kier molecular flexibility index (Phi) is 7.53. The van der Waals surface area contributed by atoms with Crippen LogP contribution >= 0.6 is 23.1 Å². The maximum absolute atomic E-state index is 13.6. The number of aromatic nitrogens is 2. The van der Waals surface area contributed by atoms with Crippen molar-refractivity contribution in [3.8, 4) is 5.75 Å². The van der Waals surface area contributed by atoms with Crippen LogP contribution in [0.2, 0.25) is 0 Å². The molecule has 2 aliphatic heterocycles. The van der Waals surface area contributed by atoms with Gasteiger partial charge in [-0.25, -0.2) is 4.79 Å². The van der Waals surface area contributed by atoms with Crippen LogP contribution in [0.4, 0.5) is 5.13 Å². The molecule has 0 bridgehead atoms. The van der Waals surface area contributed by atoms with Gasteiger partial charge in [-0.1, -0.05) is 65.6 Å². The molecule has 1 fully saturated rings. The second-order valence-electron chi connectivity index (χ2n) is 9.86. The summed E-state index contributed by atoms with van der Waals surface area (Å²) in [6, 6.07) is 20.5. The first kappa shape index (κ1) is 27.7. The Labute approximate surface area is 249 Å². The van der Waals surface area contributed by atoms with Crippen LogP contribution in [0.25, 0.3) is 5.76 Å². The van der Waals surface area contributed by atoms with Gasteiger partial charge in [0, 0.05) is 17.7 Å². The van der Waals surface area contributed by atoms with E-state index < -0.39 is 23.7 Å². The average molecular weight is 600 g/mol. The molecule has 0 spiro atoms. The number of carbonyl (C=O) groups excluding carboxylic acids is 3. The van der Waals surface area contributed by atoms with Gasteiger partial charge in [0.25, 0.3) is 5.78 Å². The van der Waals surface area contributed by atoms with Crippen LogP contribution in [-0.4, -0.2) is 46.2 Å². The van der Waals surface area contributed by atoms with Gasteiger partial charge >= 0.3 is 11.9 Å². The Hall–Kier alpha value is -4.48. The van der Waals surface area contributed by atoms with Crippen LogP contribution in [0.1, 0.15) is 45.6 Å². The number of rotatable bonds is 7. The highest BCUT2D eigenvalue weighted by atomic mass is 32.2. The van der Waals surface area contributed by atoms with Crippen molar-refractivity contribution in [2.45, 2.75) is 35.6 Å². The summed E-state index contributed by atoms with van der Waals surface area (Å²) in [6.07, 6.45) is 0.667. The fourth-order valence-corrected chi connectivity index (χ4v) is 6.89. The number of fused-ring (bicyclic) bond motifs is 1. The SMILES string of the molecule is COC(=O)c1ccc(C2/C(=C(/O)c3ccc4c(c3)CC(C)O4)C(=O)C(=O)N2c2nnc(SCc3ccccc3)s2)cc1. The molecule has 11 heteroatoms. The molecule has 6 rings (SSSR count). The third-order valence-electron chi connectivity index (χ3n) is 7.07. The van der Waals surface area contributed by atoms with Crippen LogP contribution in [0, 0.1) is 0 Å². The van der Waals surface area contributed by atoms with Crippen molar-refractivity contribution < 1.29 is 29.0 Å². The number of nitrogens with zero attached hydrogens (tertiary/aromatic N) is 3. The minimum atomic E-state index is -1.000. The van der Waals surface area contributed by atoms with Gasteiger partial charge in [0.15, 0.2) is 4.34 Å². The number of thioether (sulfide) groups is 1. The lowest BCUT2D eigenvalue weighted by atomic mass is 9.94. The van der Waals surface area contributed by atoms with E-state index in [0.29, 0.717) is 33.2 Å². The number of aliphatic hydroxyl groups is 1. The number of amides is 1. The quantitative estimate of drug-likeness (QED) is 0.0727. The number of hydrogen-bond acceptors (Lipinski definition) is 10. The van der Waals surface area contributed by atoms with Gasteiger partial charge in [0.1, 0.15) is 17.6 Å². The summed E-state index contributed by atoms with van der Waals surface area (Å²) in [5, 5.41) is 20.3. The van der Waals surface area contributed by atoms with E-state index in [4.69, 9.17) is 9.47 Å². The Balaban J connectivity index is 1.40. The average Bonchev–Trinajstić information content (AvgIpc) is 3.70. The highest BCUT2D eigenvalue weighted by Gasteiger charge is 2.48. The summed E-state index contributed by atoms with van der Waals surface area (Å²) in [5.74, 6) is -1.10. The van der Waals surface area contributed by atoms with Crippen LogP contribution in [-0.2, 0) is 26.5 Å². The highest BCUT2D eigenvalue weighted by molar-refractivity contribution is 8.00. The standard InChI is InChI=1S/C31H25N3O6S2/c1-17-14-22-15-21(12-13-23(22)40-17)26(35)24-25(19-8-10-20(11-9-19)29(38)39-2)34(28(37)27(24)36)30-32-33-31(42-30)41-16-18-6-4-3-5-7-18/h3-13,15,17,25,35H,14,16H2,1-2H3/b26-24-. The zero-order chi connectivity index (χ0) is 29.4. The molecule has 0 aliphatic carbocycles. The fourth-order valence-electron chi connectivity index (χ4n) is 5.07. The molecule has 2 aliphatic rings. The van der Waals surface area contributed by atoms with Gasteiger partial charge in [0.2, 0.25) is 5.13 Å². The van der Waals surface area contributed by atoms with Gasteiger partial charge in [-0.2, -0.15) is 0 Å². The van der Waals surface area contributed by atoms with Crippen LogP contribution in [0.3, 0.4) is 0 Å². The molecule has 212 valence electrons. The Morgan fingerprint density at radius 1 is 1.07 bits per heavy atom. The normalized spacial score (nSPS) is 19.0. The highest BCUT2D eigenvalue weighted by Crippen LogP contribution is 2.44. The molecule has 3 heterocycles. The summed E-state index contributed by atoms with van der Waals surface area (Å²) in [4.78, 5) is 40.4. The van der Waals surface area contributed by atoms with Gasteiger partial charge < -0.3 is 14.6 Å². The number of hydrogen-bond donors (Lipinski definition) is 1. The van der Waals surface area contributed by atoms with Gasteiger partial charge in [-0.3, -0.25) is 14.5 Å². The smallest absolute Gasteiger partial charge is 0.337 e. The third-order valence-corrected chi connectivity index (χ3v) is 9.20. The van der Waals surface area contributed by atoms with Crippen LogP contribution in [0.5, 0.6) is 5.75 Å². The van der Waals surface area contributed by atoms with Crippen molar-refractivity contribution in [2.75, 3.05) is 12.0 Å². The fraction of sp³-hybridized carbons (Fsp3) is 0.194. The lowest BCUT2D eigenvalue weighted by Gasteiger charge is -2.22. The van der Waals surface area contributed by atoms with E-state index in [1.165, 1.54) is 35.1 Å². The second kappa shape index (κ2) is 11.4. The van der Waals surface area contributed by atoms with Crippen molar-refractivity contribution in [2.24, 2.45) is 0 Å². The molecule has 1 N–H and O–H groups in total. The predicted octanol–water partition coefficient (Wildman–Crippen LogP) is 5.57. The summed E-state index contributed by atoms with van der Waals surface area (Å²) >= 11 is 2.66. The third kappa shape index (κ3) is 5.17. The first-order chi connectivity index (χ1) is 20.3. The van der Waals surface area contributed by atoms with Crippen molar-refractivity contribution in [1.82, 2.24) is 10.2 Å². The topological polar surface area (TPSA) is 119 Å². The molecule has 1 aromatic heterocycles. The molecule has 4 aromatic rings. The van der Waals surface area contributed by atoms with Crippen molar-refractivity contribution >= 4 is 51.6 Å². The first-order valence-corrected chi connectivity index (χ1v) is 14.9. The van der Waals surface area contributed by atoms with E-state index in [9.17, 15) is 19.5 Å². The zero-order valence-corrected chi connectivity index (χ0v) is 24.3. The number of ether oxygens (including phenoxy) is 2. The maximum atomic E-state index is 13.6. The van der Waals surface area contributed by atoms with E-state index in [-0.39, 0.29) is 22.6 Å². The van der Waals surface area contributed by atoms with Gasteiger partial charge in [-0.15, -0.1) is 10.2 Å². The van der Waals surface area contributed by atoms with Crippen molar-refractivity contribution in [1.29, 1.82) is 0 Å². The Morgan fingerprint density at radius 2 is 1.81 bits per heavy atom. The van der Waals surface area contributed by atoms with Crippen molar-refractivity contribution in [3.05, 3.63) is 106 Å². The number of ketones is 1. The molecule has 9 nitrogen and oxygen atoms in total. The number of esters is 1. The minimum Gasteiger partial charge on any atom is -0.507 e. The molecule has 0 radical (unpaired) electrons. The second-order valence-corrected chi connectivity index (χ2v) is 12.0. The monoisotopic (exact) mass is 599 g/mol. The lowest BCUT2D eigenvalue weighted by Crippen LogP contribution is -2.29. The van der Waals surface area contributed by atoms with E-state index in [1.54, 1.807) is 42.5 Å². The van der Waals surface area contributed by atoms with Crippen molar-refractivity contribution in [3.63, 3.8) is 0 Å². The predicted molar refractivity (Wildman–Crippen MR) is 159 cm³/mol. The van der Waals surface area contributed by atoms with E-state index >= 15 is 0 Å². The lowest BCUT2D eigenvalue weighted by molar-refractivity contribution is -0.132. The van der Waals surface area contributed by atoms with E-state index in [1.807, 2.05) is 37.3 Å². The molecular formula is C31H25N3O6S2. The van der Waals surface area contributed by atoms with Gasteiger partial charge in [-0.05, 0) is 53.9 Å². The molecule has 2 atom stereocenters. The summed E-state index contributed by atoms with van der Waals surface area (Å²) in [6.45, 7) is 1.96. The zero-order valence-electron chi connectivity index (χ0n) is 22.6. The molecule has 1 saturated heterocycles. The first-order valence-electron chi connectivity index (χ1n) is 13.1. The minimum absolute atomic E-state index is 0.00246. The summed E-state index contributed by atoms with van der Waals surface area (Å²) in [7, 11) is 1.29. The number of methoxy groups -OCH3 is 1. The molecule has 2 unspecified atom stereocenters. The number of benzene rings is 3. The maximum Gasteiger partial charge on any atom is 0.337 e. The largest absolute Gasteiger partial charge is 0.507 e. The molecule has 3 aromatic carbocycles. The number of aliphatic hydroxyl groups excluding tert-OH is 1. The molecule has 0 saturated carbocycles. The molecular weight excluding hydrogens is 574 g/mol. The number of anilines is 1. The van der Waals surface area contributed by atoms with Crippen LogP contribution in [0.15, 0.2) is 82.7 Å². The Morgan fingerprint density at radius 3 is 2.55 bits per heavy atom. The number of Topliss-reactive ketones (excluding diaryl/α,β-unsaturated/α-hetero) is 1. The van der Waals surface area contributed by atoms with Crippen LogP contribution < -0.4 is 9.64 Å². The Bertz CT molecular complexity index is 1720. The molecule has 42 heavy (non-hydrogen) atoms. The summed E-state index contributed by atoms with van der Waals surface area (Å²) in [5.41, 5.74) is 3.16. The van der Waals surface area contributed by atoms with E-state index in [0.717, 1.165) is 16.9 Å². The summed E-state index contributed by atoms with van der Waals surface area (Å²) < 4.78 is 11.2. The van der Waals surface area contributed by atoms with Gasteiger partial charge in [0.05, 0.1) is 24.3 Å². The number of carbonyl (C=O) groups is 3. The van der Waals surface area contributed by atoms with E-state index in [2.05, 4.69) is 10.2 Å².